The van der Waals surface area contributed by atoms with Crippen LogP contribution in [0.5, 0.6) is 0 Å². The Labute approximate surface area is 74.6 Å². The van der Waals surface area contributed by atoms with Gasteiger partial charge >= 0.3 is 0 Å². The molecule has 0 saturated carbocycles. The van der Waals surface area contributed by atoms with E-state index in [1.165, 1.54) is 5.75 Å². The predicted octanol–water partition coefficient (Wildman–Crippen LogP) is 2.15. The van der Waals surface area contributed by atoms with Crippen LogP contribution < -0.4 is 5.32 Å². The van der Waals surface area contributed by atoms with E-state index in [0.717, 1.165) is 12.5 Å². The minimum Gasteiger partial charge on any atom is -0.311 e. The third-order valence-electron chi connectivity index (χ3n) is 1.59. The normalized spacial score (nSPS) is 15.9. The number of nitrogens with one attached hydrogen (secondary N) is 1. The van der Waals surface area contributed by atoms with Crippen LogP contribution >= 0.6 is 11.8 Å². The largest absolute Gasteiger partial charge is 0.311 e. The number of thioether (sulfide) groups is 1. The van der Waals surface area contributed by atoms with E-state index >= 15 is 0 Å². The molecule has 1 nitrogen and oxygen atoms in total. The predicted molar refractivity (Wildman–Crippen MR) is 55.2 cm³/mol. The zero-order valence-corrected chi connectivity index (χ0v) is 8.58. The Morgan fingerprint density at radius 1 is 1.55 bits per heavy atom. The molecule has 2 unspecified atom stereocenters. The van der Waals surface area contributed by atoms with Gasteiger partial charge < -0.3 is 5.32 Å². The summed E-state index contributed by atoms with van der Waals surface area (Å²) in [7, 11) is 0. The molecule has 0 aromatic rings. The zero-order chi connectivity index (χ0) is 8.69. The Bertz CT molecular complexity index is 104. The summed E-state index contributed by atoms with van der Waals surface area (Å²) in [5.74, 6) is 1.99. The van der Waals surface area contributed by atoms with E-state index in [0.29, 0.717) is 6.04 Å². The van der Waals surface area contributed by atoms with E-state index in [1.54, 1.807) is 0 Å². The van der Waals surface area contributed by atoms with Gasteiger partial charge in [-0.2, -0.15) is 11.8 Å². The summed E-state index contributed by atoms with van der Waals surface area (Å²) in [4.78, 5) is 0. The fraction of sp³-hybridized carbons (Fsp3) is 0.778. The van der Waals surface area contributed by atoms with Gasteiger partial charge in [-0.3, -0.25) is 0 Å². The molecule has 11 heavy (non-hydrogen) atoms. The lowest BCUT2D eigenvalue weighted by molar-refractivity contribution is 0.533. The van der Waals surface area contributed by atoms with Crippen LogP contribution in [-0.2, 0) is 0 Å². The van der Waals surface area contributed by atoms with Gasteiger partial charge in [0, 0.05) is 6.04 Å². The van der Waals surface area contributed by atoms with E-state index < -0.39 is 0 Å². The Kier molecular flexibility index (Phi) is 6.77. The molecule has 0 heterocycles. The molecule has 0 aliphatic carbocycles. The van der Waals surface area contributed by atoms with Crippen LogP contribution in [0.4, 0.5) is 0 Å². The van der Waals surface area contributed by atoms with Gasteiger partial charge in [0.05, 0.1) is 0 Å². The van der Waals surface area contributed by atoms with Crippen LogP contribution in [0.3, 0.4) is 0 Å². The van der Waals surface area contributed by atoms with Crippen LogP contribution in [-0.4, -0.2) is 24.6 Å². The first-order valence-electron chi connectivity index (χ1n) is 4.05. The fourth-order valence-corrected chi connectivity index (χ4v) is 1.50. The molecule has 0 radical (unpaired) electrons. The first-order chi connectivity index (χ1) is 5.20. The SMILES string of the molecule is C=CC(C)NCC(C)CSC. The lowest BCUT2D eigenvalue weighted by Crippen LogP contribution is -2.29. The Morgan fingerprint density at radius 2 is 2.18 bits per heavy atom. The van der Waals surface area contributed by atoms with Gasteiger partial charge in [-0.15, -0.1) is 6.58 Å². The van der Waals surface area contributed by atoms with Crippen molar-refractivity contribution < 1.29 is 0 Å². The van der Waals surface area contributed by atoms with Crippen LogP contribution in [0.2, 0.25) is 0 Å². The monoisotopic (exact) mass is 173 g/mol. The molecular weight excluding hydrogens is 154 g/mol. The Morgan fingerprint density at radius 3 is 2.64 bits per heavy atom. The highest BCUT2D eigenvalue weighted by molar-refractivity contribution is 7.98. The van der Waals surface area contributed by atoms with Crippen molar-refractivity contribution in [1.82, 2.24) is 5.32 Å². The maximum absolute atomic E-state index is 3.72. The van der Waals surface area contributed by atoms with Crippen molar-refractivity contribution in [3.8, 4) is 0 Å². The highest BCUT2D eigenvalue weighted by Gasteiger charge is 2.01. The van der Waals surface area contributed by atoms with Gasteiger partial charge in [0.1, 0.15) is 0 Å². The molecule has 0 fully saturated rings. The molecule has 0 rings (SSSR count). The summed E-state index contributed by atoms with van der Waals surface area (Å²) in [6.07, 6.45) is 4.08. The van der Waals surface area contributed by atoms with Crippen LogP contribution in [0.25, 0.3) is 0 Å². The van der Waals surface area contributed by atoms with Crippen molar-refractivity contribution in [3.63, 3.8) is 0 Å². The molecule has 0 aliphatic rings. The quantitative estimate of drug-likeness (QED) is 0.618. The first kappa shape index (κ1) is 11.1. The van der Waals surface area contributed by atoms with Crippen molar-refractivity contribution in [1.29, 1.82) is 0 Å². The zero-order valence-electron chi connectivity index (χ0n) is 7.76. The van der Waals surface area contributed by atoms with E-state index in [9.17, 15) is 0 Å². The Balaban J connectivity index is 3.29. The molecular formula is C9H19NS. The molecule has 2 atom stereocenters. The van der Waals surface area contributed by atoms with Crippen LogP contribution in [0.1, 0.15) is 13.8 Å². The van der Waals surface area contributed by atoms with E-state index in [4.69, 9.17) is 0 Å². The van der Waals surface area contributed by atoms with Crippen LogP contribution in [0.15, 0.2) is 12.7 Å². The molecule has 0 aliphatic heterocycles. The maximum atomic E-state index is 3.72. The number of hydrogen-bond donors (Lipinski definition) is 1. The standard InChI is InChI=1S/C9H19NS/c1-5-9(3)10-6-8(2)7-11-4/h5,8-10H,1,6-7H2,2-4H3. The second kappa shape index (κ2) is 6.74. The smallest absolute Gasteiger partial charge is 0.0219 e. The second-order valence-corrected chi connectivity index (χ2v) is 3.90. The van der Waals surface area contributed by atoms with Crippen molar-refractivity contribution in [2.75, 3.05) is 18.6 Å². The van der Waals surface area contributed by atoms with E-state index in [2.05, 4.69) is 32.0 Å². The highest BCUT2D eigenvalue weighted by atomic mass is 32.2. The van der Waals surface area contributed by atoms with Crippen molar-refractivity contribution in [2.45, 2.75) is 19.9 Å². The second-order valence-electron chi connectivity index (χ2n) is 2.99. The van der Waals surface area contributed by atoms with Gasteiger partial charge in [-0.05, 0) is 31.4 Å². The lowest BCUT2D eigenvalue weighted by Gasteiger charge is -2.13. The minimum absolute atomic E-state index is 0.444. The van der Waals surface area contributed by atoms with Gasteiger partial charge in [0.2, 0.25) is 0 Å². The summed E-state index contributed by atoms with van der Waals surface area (Å²) < 4.78 is 0. The summed E-state index contributed by atoms with van der Waals surface area (Å²) >= 11 is 1.90. The van der Waals surface area contributed by atoms with Crippen molar-refractivity contribution >= 4 is 11.8 Å². The average Bonchev–Trinajstić information content (AvgIpc) is 2.01. The van der Waals surface area contributed by atoms with Gasteiger partial charge in [-0.1, -0.05) is 13.0 Å². The summed E-state index contributed by atoms with van der Waals surface area (Å²) in [6, 6.07) is 0.444. The molecule has 0 aromatic heterocycles. The van der Waals surface area contributed by atoms with Crippen molar-refractivity contribution in [2.24, 2.45) is 5.92 Å². The highest BCUT2D eigenvalue weighted by Crippen LogP contribution is 2.02. The molecule has 1 N–H and O–H groups in total. The van der Waals surface area contributed by atoms with Gasteiger partial charge in [0.15, 0.2) is 0 Å². The fourth-order valence-electron chi connectivity index (χ4n) is 0.814. The molecule has 0 bridgehead atoms. The maximum Gasteiger partial charge on any atom is 0.0219 e. The molecule has 0 saturated heterocycles. The summed E-state index contributed by atoms with van der Waals surface area (Å²) in [5.41, 5.74) is 0. The number of hydrogen-bond acceptors (Lipinski definition) is 2. The molecule has 0 amide bonds. The topological polar surface area (TPSA) is 12.0 Å². The van der Waals surface area contributed by atoms with Crippen LogP contribution in [0, 0.1) is 5.92 Å². The number of rotatable bonds is 6. The average molecular weight is 173 g/mol. The molecule has 0 spiro atoms. The first-order valence-corrected chi connectivity index (χ1v) is 5.45. The van der Waals surface area contributed by atoms with Gasteiger partial charge in [0.25, 0.3) is 0 Å². The minimum atomic E-state index is 0.444. The molecule has 2 heteroatoms. The van der Waals surface area contributed by atoms with Gasteiger partial charge in [-0.25, -0.2) is 0 Å². The third kappa shape index (κ3) is 6.45. The third-order valence-corrected chi connectivity index (χ3v) is 2.50. The molecule has 0 aromatic carbocycles. The Hall–Kier alpha value is 0.0500. The lowest BCUT2D eigenvalue weighted by atomic mass is 10.2. The van der Waals surface area contributed by atoms with E-state index in [1.807, 2.05) is 17.8 Å². The summed E-state index contributed by atoms with van der Waals surface area (Å²) in [6.45, 7) is 9.20. The van der Waals surface area contributed by atoms with E-state index in [-0.39, 0.29) is 0 Å². The summed E-state index contributed by atoms with van der Waals surface area (Å²) in [5, 5.41) is 3.39. The molecule has 66 valence electrons. The van der Waals surface area contributed by atoms with Crippen molar-refractivity contribution in [3.05, 3.63) is 12.7 Å².